The first kappa shape index (κ1) is 17.5. The van der Waals surface area contributed by atoms with Crippen LogP contribution in [0.1, 0.15) is 23.5 Å². The molecule has 1 unspecified atom stereocenters. The highest BCUT2D eigenvalue weighted by atomic mass is 35.5. The predicted octanol–water partition coefficient (Wildman–Crippen LogP) is 3.48. The lowest BCUT2D eigenvalue weighted by Gasteiger charge is -2.21. The third-order valence-electron chi connectivity index (χ3n) is 3.37. The van der Waals surface area contributed by atoms with Crippen molar-refractivity contribution in [2.75, 3.05) is 6.61 Å². The van der Waals surface area contributed by atoms with Gasteiger partial charge in [0.1, 0.15) is 0 Å². The lowest BCUT2D eigenvalue weighted by Crippen LogP contribution is -2.21. The Morgan fingerprint density at radius 2 is 2.13 bits per heavy atom. The summed E-state index contributed by atoms with van der Waals surface area (Å²) in [5, 5.41) is 10.0. The molecule has 1 aliphatic heterocycles. The van der Waals surface area contributed by atoms with Gasteiger partial charge in [0.2, 0.25) is 5.88 Å². The van der Waals surface area contributed by atoms with Crippen molar-refractivity contribution in [1.82, 2.24) is 4.98 Å². The van der Waals surface area contributed by atoms with Crippen molar-refractivity contribution in [2.24, 2.45) is 5.73 Å². The predicted molar refractivity (Wildman–Crippen MR) is 89.1 cm³/mol. The third kappa shape index (κ3) is 4.34. The Morgan fingerprint density at radius 1 is 1.35 bits per heavy atom. The average molecular weight is 355 g/mol. The van der Waals surface area contributed by atoms with Gasteiger partial charge in [-0.2, -0.15) is 0 Å². The lowest BCUT2D eigenvalue weighted by molar-refractivity contribution is -0.139. The van der Waals surface area contributed by atoms with Crippen LogP contribution in [0.4, 0.5) is 0 Å². The molecule has 0 aliphatic carbocycles. The zero-order chi connectivity index (χ0) is 16.8. The number of fused-ring (bicyclic) bond motifs is 1. The topological polar surface area (TPSA) is 85.4 Å². The molecular weight excluding hydrogens is 339 g/mol. The molecule has 1 atom stereocenters. The van der Waals surface area contributed by atoms with E-state index in [1.165, 1.54) is 0 Å². The van der Waals surface area contributed by atoms with Gasteiger partial charge in [0.25, 0.3) is 0 Å². The van der Waals surface area contributed by atoms with Crippen LogP contribution in [0.15, 0.2) is 36.5 Å². The minimum atomic E-state index is -0.808. The van der Waals surface area contributed by atoms with Crippen molar-refractivity contribution >= 4 is 29.2 Å². The maximum atomic E-state index is 10.8. The monoisotopic (exact) mass is 354 g/mol. The molecule has 3 N–H and O–H groups in total. The summed E-state index contributed by atoms with van der Waals surface area (Å²) in [6.07, 6.45) is 2.12. The summed E-state index contributed by atoms with van der Waals surface area (Å²) in [7, 11) is 0. The zero-order valence-corrected chi connectivity index (χ0v) is 13.7. The molecule has 1 aliphatic rings. The summed E-state index contributed by atoms with van der Waals surface area (Å²) in [6, 6.07) is 8.90. The van der Waals surface area contributed by atoms with Crippen LogP contribution in [0.5, 0.6) is 5.88 Å². The number of hydrogen-bond donors (Lipinski definition) is 2. The van der Waals surface area contributed by atoms with Gasteiger partial charge in [-0.25, -0.2) is 4.98 Å². The van der Waals surface area contributed by atoms with Gasteiger partial charge >= 0.3 is 5.97 Å². The maximum Gasteiger partial charge on any atom is 0.311 e. The van der Waals surface area contributed by atoms with Crippen molar-refractivity contribution in [2.45, 2.75) is 18.9 Å². The van der Waals surface area contributed by atoms with Crippen LogP contribution in [0.2, 0.25) is 10.0 Å². The first-order valence-electron chi connectivity index (χ1n) is 6.98. The van der Waals surface area contributed by atoms with Crippen molar-refractivity contribution < 1.29 is 14.6 Å². The molecule has 0 radical (unpaired) electrons. The van der Waals surface area contributed by atoms with Crippen LogP contribution in [0.3, 0.4) is 0 Å². The van der Waals surface area contributed by atoms with E-state index in [1.807, 2.05) is 12.1 Å². The molecule has 1 aromatic carbocycles. The van der Waals surface area contributed by atoms with Gasteiger partial charge in [-0.15, -0.1) is 0 Å². The van der Waals surface area contributed by atoms with E-state index in [2.05, 4.69) is 4.98 Å². The van der Waals surface area contributed by atoms with Crippen LogP contribution < -0.4 is 10.5 Å². The fourth-order valence-electron chi connectivity index (χ4n) is 2.18. The smallest absolute Gasteiger partial charge is 0.311 e. The van der Waals surface area contributed by atoms with Crippen molar-refractivity contribution in [3.63, 3.8) is 0 Å². The quantitative estimate of drug-likeness (QED) is 0.861. The summed E-state index contributed by atoms with van der Waals surface area (Å²) in [6.45, 7) is 0.861. The largest absolute Gasteiger partial charge is 0.481 e. The molecule has 0 spiro atoms. The number of benzene rings is 1. The van der Waals surface area contributed by atoms with E-state index in [0.29, 0.717) is 41.1 Å². The van der Waals surface area contributed by atoms with E-state index in [4.69, 9.17) is 38.8 Å². The molecule has 0 fully saturated rings. The van der Waals surface area contributed by atoms with Crippen molar-refractivity contribution in [3.05, 3.63) is 57.7 Å². The molecule has 23 heavy (non-hydrogen) atoms. The maximum absolute atomic E-state index is 10.8. The van der Waals surface area contributed by atoms with E-state index in [-0.39, 0.29) is 0 Å². The van der Waals surface area contributed by atoms with Crippen LogP contribution in [-0.2, 0) is 11.3 Å². The number of aliphatic carboxylic acids is 1. The molecular formula is C16H16Cl2N2O3. The van der Waals surface area contributed by atoms with E-state index >= 15 is 0 Å². The van der Waals surface area contributed by atoms with Gasteiger partial charge < -0.3 is 15.6 Å². The average Bonchev–Trinajstić information content (AvgIpc) is 2.57. The van der Waals surface area contributed by atoms with Crippen molar-refractivity contribution in [1.29, 1.82) is 0 Å². The van der Waals surface area contributed by atoms with Crippen LogP contribution in [0.25, 0.3) is 0 Å². The van der Waals surface area contributed by atoms with Gasteiger partial charge in [-0.1, -0.05) is 41.4 Å². The highest BCUT2D eigenvalue weighted by Gasteiger charge is 2.27. The number of aromatic nitrogens is 1. The minimum Gasteiger partial charge on any atom is -0.481 e. The second-order valence-corrected chi connectivity index (χ2v) is 5.63. The molecule has 0 saturated heterocycles. The molecule has 1 aromatic heterocycles. The number of carbonyl (C=O) groups is 1. The fourth-order valence-corrected chi connectivity index (χ4v) is 2.58. The number of halogens is 2. The van der Waals surface area contributed by atoms with Crippen molar-refractivity contribution in [3.8, 4) is 5.88 Å². The Bertz CT molecular complexity index is 695. The lowest BCUT2D eigenvalue weighted by atomic mass is 9.96. The molecule has 7 heteroatoms. The molecule has 0 amide bonds. The molecule has 5 nitrogen and oxygen atoms in total. The first-order chi connectivity index (χ1) is 11.0. The van der Waals surface area contributed by atoms with E-state index in [1.54, 1.807) is 24.4 Å². The normalized spacial score (nSPS) is 15.7. The number of nitrogens with two attached hydrogens (primary N) is 1. The Labute approximate surface area is 144 Å². The Morgan fingerprint density at radius 3 is 2.78 bits per heavy atom. The fraction of sp³-hybridized carbons (Fsp3) is 0.250. The van der Waals surface area contributed by atoms with E-state index in [0.717, 1.165) is 5.56 Å². The number of carboxylic acid groups (broad SMARTS) is 1. The van der Waals surface area contributed by atoms with Gasteiger partial charge in [0.05, 0.1) is 22.6 Å². The summed E-state index contributed by atoms with van der Waals surface area (Å²) in [4.78, 5) is 14.8. The Balaban J connectivity index is 0.000000174. The number of pyridine rings is 1. The van der Waals surface area contributed by atoms with E-state index < -0.39 is 11.9 Å². The highest BCUT2D eigenvalue weighted by Crippen LogP contribution is 2.31. The number of rotatable bonds is 2. The number of ether oxygens (including phenoxy) is 1. The number of hydrogen-bond acceptors (Lipinski definition) is 4. The number of carboxylic acids is 1. The minimum absolute atomic E-state index is 0.430. The van der Waals surface area contributed by atoms with Crippen LogP contribution >= 0.6 is 23.2 Å². The third-order valence-corrected chi connectivity index (χ3v) is 4.23. The molecule has 0 bridgehead atoms. The van der Waals surface area contributed by atoms with Gasteiger partial charge in [0, 0.05) is 18.3 Å². The second kappa shape index (κ2) is 8.15. The molecule has 2 aromatic rings. The highest BCUT2D eigenvalue weighted by molar-refractivity contribution is 6.42. The van der Waals surface area contributed by atoms with Gasteiger partial charge in [-0.05, 0) is 24.1 Å². The van der Waals surface area contributed by atoms with Gasteiger partial charge in [-0.3, -0.25) is 4.79 Å². The van der Waals surface area contributed by atoms with Crippen LogP contribution in [-0.4, -0.2) is 22.7 Å². The van der Waals surface area contributed by atoms with Gasteiger partial charge in [0.15, 0.2) is 0 Å². The molecule has 3 rings (SSSR count). The second-order valence-electron chi connectivity index (χ2n) is 4.84. The first-order valence-corrected chi connectivity index (χ1v) is 7.73. The summed E-state index contributed by atoms with van der Waals surface area (Å²) >= 11 is 11.5. The number of nitrogens with zero attached hydrogens (tertiary/aromatic N) is 1. The summed E-state index contributed by atoms with van der Waals surface area (Å²) < 4.78 is 5.23. The Kier molecular flexibility index (Phi) is 6.21. The van der Waals surface area contributed by atoms with E-state index in [9.17, 15) is 4.79 Å². The Hall–Kier alpha value is -1.82. The SMILES string of the molecule is NCc1cccc(Cl)c1Cl.O=C(O)C1CCOc2ncccc21. The summed E-state index contributed by atoms with van der Waals surface area (Å²) in [5.74, 6) is -0.809. The molecule has 2 heterocycles. The zero-order valence-electron chi connectivity index (χ0n) is 12.2. The van der Waals surface area contributed by atoms with Crippen LogP contribution in [0, 0.1) is 0 Å². The standard InChI is InChI=1S/C9H9NO3.C7H7Cl2N/c11-9(12)7-3-5-13-8-6(7)2-1-4-10-8;8-6-3-1-2-5(4-10)7(6)9/h1-2,4,7H,3,5H2,(H,11,12);1-3H,4,10H2. The summed E-state index contributed by atoms with van der Waals surface area (Å²) in [5.41, 5.74) is 6.94. The molecule has 122 valence electrons. The molecule has 0 saturated carbocycles.